The first-order valence-corrected chi connectivity index (χ1v) is 8.13. The first kappa shape index (κ1) is 14.7. The van der Waals surface area contributed by atoms with Crippen LogP contribution >= 0.6 is 11.3 Å². The molecule has 0 aliphatic carbocycles. The molecule has 1 N–H and O–H groups in total. The summed E-state index contributed by atoms with van der Waals surface area (Å²) in [5.74, 6) is -1.14. The topological polar surface area (TPSA) is 70.5 Å². The number of carbonyl (C=O) groups excluding carboxylic acids is 1. The van der Waals surface area contributed by atoms with Gasteiger partial charge in [-0.2, -0.15) is 0 Å². The first-order valence-electron chi connectivity index (χ1n) is 7.19. The number of likely N-dealkylation sites (tertiary alicyclic amines) is 1. The summed E-state index contributed by atoms with van der Waals surface area (Å²) in [4.78, 5) is 29.6. The Morgan fingerprint density at radius 3 is 2.64 bits per heavy atom. The van der Waals surface area contributed by atoms with Gasteiger partial charge in [-0.3, -0.25) is 4.79 Å². The quantitative estimate of drug-likeness (QED) is 0.945. The third-order valence-corrected chi connectivity index (χ3v) is 4.50. The SMILES string of the molecule is O=C(O)[C@@H]1CCCCN1C(=O)c1ccc(-c2cscn2)cc1. The van der Waals surface area contributed by atoms with E-state index in [-0.39, 0.29) is 5.91 Å². The van der Waals surface area contributed by atoms with E-state index in [4.69, 9.17) is 0 Å². The molecule has 0 spiro atoms. The van der Waals surface area contributed by atoms with Gasteiger partial charge in [0, 0.05) is 23.1 Å². The minimum atomic E-state index is -0.924. The number of amides is 1. The number of carboxylic acids is 1. The van der Waals surface area contributed by atoms with Gasteiger partial charge >= 0.3 is 5.97 Å². The summed E-state index contributed by atoms with van der Waals surface area (Å²) >= 11 is 1.52. The van der Waals surface area contributed by atoms with Crippen molar-refractivity contribution in [2.24, 2.45) is 0 Å². The summed E-state index contributed by atoms with van der Waals surface area (Å²) in [7, 11) is 0. The molecule has 1 aromatic carbocycles. The molecule has 1 amide bonds. The van der Waals surface area contributed by atoms with E-state index in [1.54, 1.807) is 17.6 Å². The molecule has 1 fully saturated rings. The number of rotatable bonds is 3. The molecular formula is C16H16N2O3S. The minimum Gasteiger partial charge on any atom is -0.480 e. The number of aromatic nitrogens is 1. The van der Waals surface area contributed by atoms with Gasteiger partial charge in [-0.25, -0.2) is 9.78 Å². The lowest BCUT2D eigenvalue weighted by molar-refractivity contribution is -0.143. The molecule has 0 radical (unpaired) electrons. The predicted molar refractivity (Wildman–Crippen MR) is 83.9 cm³/mol. The van der Waals surface area contributed by atoms with Crippen molar-refractivity contribution >= 4 is 23.2 Å². The fourth-order valence-corrected chi connectivity index (χ4v) is 3.30. The molecule has 1 atom stereocenters. The van der Waals surface area contributed by atoms with Crippen LogP contribution in [-0.2, 0) is 4.79 Å². The zero-order chi connectivity index (χ0) is 15.5. The van der Waals surface area contributed by atoms with E-state index in [2.05, 4.69) is 4.98 Å². The summed E-state index contributed by atoms with van der Waals surface area (Å²) in [6.07, 6.45) is 2.23. The first-order chi connectivity index (χ1) is 10.7. The molecule has 6 heteroatoms. The maximum Gasteiger partial charge on any atom is 0.326 e. The number of thiazole rings is 1. The summed E-state index contributed by atoms with van der Waals surface area (Å²) in [5, 5.41) is 11.2. The molecule has 0 unspecified atom stereocenters. The number of aliphatic carboxylic acids is 1. The molecule has 3 rings (SSSR count). The molecule has 2 heterocycles. The summed E-state index contributed by atoms with van der Waals surface area (Å²) in [6, 6.07) is 6.47. The van der Waals surface area contributed by atoms with Crippen molar-refractivity contribution < 1.29 is 14.7 Å². The van der Waals surface area contributed by atoms with Crippen molar-refractivity contribution in [2.75, 3.05) is 6.54 Å². The Kier molecular flexibility index (Phi) is 4.20. The highest BCUT2D eigenvalue weighted by Crippen LogP contribution is 2.23. The highest BCUT2D eigenvalue weighted by Gasteiger charge is 2.32. The number of hydrogen-bond acceptors (Lipinski definition) is 4. The van der Waals surface area contributed by atoms with Gasteiger partial charge in [-0.15, -0.1) is 11.3 Å². The van der Waals surface area contributed by atoms with Gasteiger partial charge in [0.05, 0.1) is 11.2 Å². The largest absolute Gasteiger partial charge is 0.480 e. The van der Waals surface area contributed by atoms with Crippen LogP contribution in [0.1, 0.15) is 29.6 Å². The van der Waals surface area contributed by atoms with E-state index in [1.165, 1.54) is 16.2 Å². The van der Waals surface area contributed by atoms with Gasteiger partial charge in [-0.05, 0) is 31.4 Å². The Morgan fingerprint density at radius 2 is 2.00 bits per heavy atom. The zero-order valence-corrected chi connectivity index (χ0v) is 12.8. The number of carbonyl (C=O) groups is 2. The standard InChI is InChI=1S/C16H16N2O3S/c19-15(18-8-2-1-3-14(18)16(20)21)12-6-4-11(5-7-12)13-9-22-10-17-13/h4-7,9-10,14H,1-3,8H2,(H,20,21)/t14-/m0/s1. The maximum absolute atomic E-state index is 12.6. The smallest absolute Gasteiger partial charge is 0.326 e. The maximum atomic E-state index is 12.6. The lowest BCUT2D eigenvalue weighted by atomic mass is 10.0. The number of hydrogen-bond donors (Lipinski definition) is 1. The lowest BCUT2D eigenvalue weighted by Crippen LogP contribution is -2.47. The summed E-state index contributed by atoms with van der Waals surface area (Å²) in [6.45, 7) is 0.504. The number of piperidine rings is 1. The van der Waals surface area contributed by atoms with Gasteiger partial charge < -0.3 is 10.0 Å². The second-order valence-corrected chi connectivity index (χ2v) is 6.02. The van der Waals surface area contributed by atoms with Crippen LogP contribution in [0, 0.1) is 0 Å². The van der Waals surface area contributed by atoms with Crippen LogP contribution < -0.4 is 0 Å². The summed E-state index contributed by atoms with van der Waals surface area (Å²) in [5.41, 5.74) is 4.11. The van der Waals surface area contributed by atoms with Crippen molar-refractivity contribution in [2.45, 2.75) is 25.3 Å². The van der Waals surface area contributed by atoms with E-state index in [0.717, 1.165) is 24.1 Å². The predicted octanol–water partition coefficient (Wildman–Crippen LogP) is 2.89. The van der Waals surface area contributed by atoms with E-state index >= 15 is 0 Å². The zero-order valence-electron chi connectivity index (χ0n) is 11.9. The van der Waals surface area contributed by atoms with Gasteiger partial charge in [0.2, 0.25) is 0 Å². The lowest BCUT2D eigenvalue weighted by Gasteiger charge is -2.33. The molecule has 1 aromatic heterocycles. The summed E-state index contributed by atoms with van der Waals surface area (Å²) < 4.78 is 0. The highest BCUT2D eigenvalue weighted by atomic mass is 32.1. The molecule has 1 aliphatic heterocycles. The fourth-order valence-electron chi connectivity index (χ4n) is 2.74. The van der Waals surface area contributed by atoms with E-state index in [0.29, 0.717) is 18.5 Å². The second kappa shape index (κ2) is 6.27. The van der Waals surface area contributed by atoms with Crippen LogP contribution in [-0.4, -0.2) is 39.5 Å². The Morgan fingerprint density at radius 1 is 1.23 bits per heavy atom. The fraction of sp³-hybridized carbons (Fsp3) is 0.312. The molecule has 0 bridgehead atoms. The monoisotopic (exact) mass is 316 g/mol. The van der Waals surface area contributed by atoms with Gasteiger partial charge in [-0.1, -0.05) is 12.1 Å². The molecular weight excluding hydrogens is 300 g/mol. The van der Waals surface area contributed by atoms with E-state index in [9.17, 15) is 14.7 Å². The van der Waals surface area contributed by atoms with Crippen LogP contribution in [0.15, 0.2) is 35.2 Å². The van der Waals surface area contributed by atoms with Gasteiger partial charge in [0.1, 0.15) is 6.04 Å². The Hall–Kier alpha value is -2.21. The number of benzene rings is 1. The molecule has 2 aromatic rings. The highest BCUT2D eigenvalue weighted by molar-refractivity contribution is 7.07. The Balaban J connectivity index is 1.81. The molecule has 1 aliphatic rings. The van der Waals surface area contributed by atoms with Gasteiger partial charge in [0.25, 0.3) is 5.91 Å². The van der Waals surface area contributed by atoms with E-state index in [1.807, 2.05) is 17.5 Å². The number of carboxylic acid groups (broad SMARTS) is 1. The molecule has 5 nitrogen and oxygen atoms in total. The molecule has 22 heavy (non-hydrogen) atoms. The Labute approximate surface area is 132 Å². The van der Waals surface area contributed by atoms with Crippen LogP contribution in [0.25, 0.3) is 11.3 Å². The average molecular weight is 316 g/mol. The van der Waals surface area contributed by atoms with Crippen LogP contribution in [0.2, 0.25) is 0 Å². The third-order valence-electron chi connectivity index (χ3n) is 3.91. The Bertz CT molecular complexity index is 667. The minimum absolute atomic E-state index is 0.211. The molecule has 114 valence electrons. The van der Waals surface area contributed by atoms with Crippen LogP contribution in [0.3, 0.4) is 0 Å². The normalized spacial score (nSPS) is 18.2. The van der Waals surface area contributed by atoms with Crippen molar-refractivity contribution in [1.29, 1.82) is 0 Å². The van der Waals surface area contributed by atoms with E-state index < -0.39 is 12.0 Å². The van der Waals surface area contributed by atoms with Gasteiger partial charge in [0.15, 0.2) is 0 Å². The van der Waals surface area contributed by atoms with Crippen molar-refractivity contribution in [3.63, 3.8) is 0 Å². The van der Waals surface area contributed by atoms with Crippen molar-refractivity contribution in [3.05, 3.63) is 40.7 Å². The number of nitrogens with zero attached hydrogens (tertiary/aromatic N) is 2. The molecule has 0 saturated carbocycles. The van der Waals surface area contributed by atoms with Crippen molar-refractivity contribution in [1.82, 2.24) is 9.88 Å². The molecule has 1 saturated heterocycles. The third kappa shape index (κ3) is 2.87. The van der Waals surface area contributed by atoms with Crippen LogP contribution in [0.4, 0.5) is 0 Å². The average Bonchev–Trinajstić information content (AvgIpc) is 3.09. The van der Waals surface area contributed by atoms with Crippen molar-refractivity contribution in [3.8, 4) is 11.3 Å². The second-order valence-electron chi connectivity index (χ2n) is 5.30. The van der Waals surface area contributed by atoms with Crippen LogP contribution in [0.5, 0.6) is 0 Å².